The lowest BCUT2D eigenvalue weighted by atomic mass is 10.1. The molecule has 2 N–H and O–H groups in total. The van der Waals surface area contributed by atoms with E-state index < -0.39 is 12.0 Å². The molecule has 1 heterocycles. The Labute approximate surface area is 149 Å². The van der Waals surface area contributed by atoms with E-state index in [9.17, 15) is 9.90 Å². The second-order valence-electron chi connectivity index (χ2n) is 5.89. The summed E-state index contributed by atoms with van der Waals surface area (Å²) in [4.78, 5) is 12.2. The highest BCUT2D eigenvalue weighted by Gasteiger charge is 2.27. The number of aromatic hydroxyl groups is 1. The molecule has 3 aromatic rings. The Morgan fingerprint density at radius 1 is 1.08 bits per heavy atom. The van der Waals surface area contributed by atoms with Gasteiger partial charge in [-0.05, 0) is 40.6 Å². The minimum absolute atomic E-state index is 0.110. The molecule has 4 rings (SSSR count). The van der Waals surface area contributed by atoms with Gasteiger partial charge >= 0.3 is 0 Å². The van der Waals surface area contributed by atoms with Gasteiger partial charge in [0, 0.05) is 0 Å². The Morgan fingerprint density at radius 3 is 2.62 bits per heavy atom. The zero-order valence-electron chi connectivity index (χ0n) is 13.8. The minimum atomic E-state index is -0.787. The lowest BCUT2D eigenvalue weighted by Gasteiger charge is -2.25. The van der Waals surface area contributed by atoms with E-state index in [2.05, 4.69) is 10.5 Å². The van der Waals surface area contributed by atoms with E-state index in [4.69, 9.17) is 9.47 Å². The number of benzene rings is 3. The summed E-state index contributed by atoms with van der Waals surface area (Å²) in [5.74, 6) is 0.886. The maximum atomic E-state index is 12.2. The summed E-state index contributed by atoms with van der Waals surface area (Å²) >= 11 is 0. The number of rotatable bonds is 3. The fraction of sp³-hybridized carbons (Fsp3) is 0.100. The first kappa shape index (κ1) is 16.0. The van der Waals surface area contributed by atoms with Gasteiger partial charge in [0.1, 0.15) is 12.4 Å². The number of carbonyl (C=O) groups is 1. The first-order valence-corrected chi connectivity index (χ1v) is 8.13. The number of fused-ring (bicyclic) bond motifs is 2. The van der Waals surface area contributed by atoms with Crippen LogP contribution in [0.4, 0.5) is 0 Å². The quantitative estimate of drug-likeness (QED) is 0.563. The number of phenols is 1. The van der Waals surface area contributed by atoms with Crippen LogP contribution in [0.25, 0.3) is 10.8 Å². The molecule has 1 aliphatic rings. The van der Waals surface area contributed by atoms with E-state index in [0.717, 1.165) is 10.8 Å². The SMILES string of the molecule is O=C(N/N=C\c1cccc(O)c1)C1COc2cc3ccccc3cc2O1. The van der Waals surface area contributed by atoms with Crippen LogP contribution < -0.4 is 14.9 Å². The average molecular weight is 348 g/mol. The number of hydrogen-bond donors (Lipinski definition) is 2. The van der Waals surface area contributed by atoms with E-state index in [1.54, 1.807) is 18.2 Å². The zero-order valence-corrected chi connectivity index (χ0v) is 13.8. The molecule has 0 saturated heterocycles. The largest absolute Gasteiger partial charge is 0.508 e. The summed E-state index contributed by atoms with van der Waals surface area (Å²) in [6, 6.07) is 18.2. The van der Waals surface area contributed by atoms with Gasteiger partial charge in [0.05, 0.1) is 6.21 Å². The van der Waals surface area contributed by atoms with Gasteiger partial charge in [0.25, 0.3) is 5.91 Å². The normalized spacial score (nSPS) is 15.9. The highest BCUT2D eigenvalue weighted by molar-refractivity contribution is 5.88. The molecule has 0 aliphatic carbocycles. The van der Waals surface area contributed by atoms with E-state index in [-0.39, 0.29) is 12.4 Å². The average Bonchev–Trinajstić information content (AvgIpc) is 2.66. The third-order valence-corrected chi connectivity index (χ3v) is 4.02. The van der Waals surface area contributed by atoms with Crippen molar-refractivity contribution in [2.75, 3.05) is 6.61 Å². The number of amides is 1. The van der Waals surface area contributed by atoms with Gasteiger partial charge in [-0.25, -0.2) is 5.43 Å². The number of ether oxygens (including phenoxy) is 2. The van der Waals surface area contributed by atoms with Gasteiger partial charge in [0.15, 0.2) is 11.5 Å². The van der Waals surface area contributed by atoms with Crippen LogP contribution in [0, 0.1) is 0 Å². The van der Waals surface area contributed by atoms with E-state index in [1.165, 1.54) is 12.3 Å². The highest BCUT2D eigenvalue weighted by atomic mass is 16.6. The van der Waals surface area contributed by atoms with Crippen molar-refractivity contribution in [2.45, 2.75) is 6.10 Å². The molecule has 1 amide bonds. The Hall–Kier alpha value is -3.54. The number of nitrogens with one attached hydrogen (secondary N) is 1. The fourth-order valence-electron chi connectivity index (χ4n) is 2.73. The Bertz CT molecular complexity index is 1000. The highest BCUT2D eigenvalue weighted by Crippen LogP contribution is 2.35. The van der Waals surface area contributed by atoms with Gasteiger partial charge in [0.2, 0.25) is 6.10 Å². The molecule has 0 saturated carbocycles. The molecule has 0 bridgehead atoms. The van der Waals surface area contributed by atoms with Crippen LogP contribution in [0.15, 0.2) is 65.8 Å². The molecule has 3 aromatic carbocycles. The molecule has 6 heteroatoms. The van der Waals surface area contributed by atoms with Crippen molar-refractivity contribution < 1.29 is 19.4 Å². The lowest BCUT2D eigenvalue weighted by Crippen LogP contribution is -2.42. The Kier molecular flexibility index (Phi) is 4.15. The Morgan fingerprint density at radius 2 is 1.85 bits per heavy atom. The predicted molar refractivity (Wildman–Crippen MR) is 97.7 cm³/mol. The van der Waals surface area contributed by atoms with Gasteiger partial charge < -0.3 is 14.6 Å². The number of carbonyl (C=O) groups excluding carboxylic acids is 1. The molecule has 26 heavy (non-hydrogen) atoms. The van der Waals surface area contributed by atoms with Crippen LogP contribution in [-0.4, -0.2) is 29.9 Å². The van der Waals surface area contributed by atoms with E-state index >= 15 is 0 Å². The van der Waals surface area contributed by atoms with Crippen molar-refractivity contribution in [2.24, 2.45) is 5.10 Å². The molecule has 1 atom stereocenters. The van der Waals surface area contributed by atoms with E-state index in [1.807, 2.05) is 36.4 Å². The number of nitrogens with zero attached hydrogens (tertiary/aromatic N) is 1. The van der Waals surface area contributed by atoms with Crippen LogP contribution in [0.1, 0.15) is 5.56 Å². The number of phenolic OH excluding ortho intramolecular Hbond substituents is 1. The molecular formula is C20H16N2O4. The summed E-state index contributed by atoms with van der Waals surface area (Å²) in [5, 5.41) is 15.4. The van der Waals surface area contributed by atoms with Crippen molar-refractivity contribution in [3.05, 3.63) is 66.2 Å². The van der Waals surface area contributed by atoms with Crippen LogP contribution >= 0.6 is 0 Å². The van der Waals surface area contributed by atoms with Gasteiger partial charge in [-0.1, -0.05) is 36.4 Å². The molecule has 0 radical (unpaired) electrons. The first-order chi connectivity index (χ1) is 12.7. The van der Waals surface area contributed by atoms with Crippen LogP contribution in [0.2, 0.25) is 0 Å². The standard InChI is InChI=1S/C20H16N2O4/c23-16-7-3-4-13(8-16)11-21-22-20(24)19-12-25-17-9-14-5-1-2-6-15(14)10-18(17)26-19/h1-11,19,23H,12H2,(H,22,24)/b21-11-. The number of hydrogen-bond acceptors (Lipinski definition) is 5. The maximum Gasteiger partial charge on any atom is 0.284 e. The van der Waals surface area contributed by atoms with Crippen LogP contribution in [0.5, 0.6) is 17.2 Å². The third-order valence-electron chi connectivity index (χ3n) is 4.02. The summed E-state index contributed by atoms with van der Waals surface area (Å²) in [7, 11) is 0. The van der Waals surface area contributed by atoms with Gasteiger partial charge in [-0.15, -0.1) is 0 Å². The fourth-order valence-corrected chi connectivity index (χ4v) is 2.73. The topological polar surface area (TPSA) is 80.2 Å². The van der Waals surface area contributed by atoms with Crippen LogP contribution in [-0.2, 0) is 4.79 Å². The summed E-state index contributed by atoms with van der Waals surface area (Å²) in [6.45, 7) is 0.110. The lowest BCUT2D eigenvalue weighted by molar-refractivity contribution is -0.130. The summed E-state index contributed by atoms with van der Waals surface area (Å²) in [6.07, 6.45) is 0.660. The van der Waals surface area contributed by atoms with Crippen molar-refractivity contribution >= 4 is 22.9 Å². The maximum absolute atomic E-state index is 12.2. The molecule has 1 unspecified atom stereocenters. The third kappa shape index (κ3) is 3.30. The minimum Gasteiger partial charge on any atom is -0.508 e. The molecule has 0 aromatic heterocycles. The first-order valence-electron chi connectivity index (χ1n) is 8.13. The van der Waals surface area contributed by atoms with Gasteiger partial charge in [-0.2, -0.15) is 5.10 Å². The van der Waals surface area contributed by atoms with Crippen molar-refractivity contribution in [3.8, 4) is 17.2 Å². The molecule has 1 aliphatic heterocycles. The van der Waals surface area contributed by atoms with Crippen LogP contribution in [0.3, 0.4) is 0 Å². The van der Waals surface area contributed by atoms with E-state index in [0.29, 0.717) is 17.1 Å². The predicted octanol–water partition coefficient (Wildman–Crippen LogP) is 2.84. The summed E-state index contributed by atoms with van der Waals surface area (Å²) in [5.41, 5.74) is 3.10. The van der Waals surface area contributed by atoms with Crippen molar-refractivity contribution in [3.63, 3.8) is 0 Å². The second-order valence-corrected chi connectivity index (χ2v) is 5.89. The number of hydrazone groups is 1. The Balaban J connectivity index is 1.44. The smallest absolute Gasteiger partial charge is 0.284 e. The van der Waals surface area contributed by atoms with Crippen molar-refractivity contribution in [1.29, 1.82) is 0 Å². The molecule has 0 fully saturated rings. The molecule has 0 spiro atoms. The van der Waals surface area contributed by atoms with Gasteiger partial charge in [-0.3, -0.25) is 4.79 Å². The zero-order chi connectivity index (χ0) is 17.9. The van der Waals surface area contributed by atoms with Crippen molar-refractivity contribution in [1.82, 2.24) is 5.43 Å². The monoisotopic (exact) mass is 348 g/mol. The molecule has 6 nitrogen and oxygen atoms in total. The summed E-state index contributed by atoms with van der Waals surface area (Å²) < 4.78 is 11.4. The molecule has 130 valence electrons. The molecular weight excluding hydrogens is 332 g/mol. The second kappa shape index (κ2) is 6.76.